The van der Waals surface area contributed by atoms with Crippen molar-refractivity contribution in [2.45, 2.75) is 19.9 Å². The molecule has 1 atom stereocenters. The van der Waals surface area contributed by atoms with Gasteiger partial charge in [-0.25, -0.2) is 0 Å². The van der Waals surface area contributed by atoms with Crippen LogP contribution in [0.3, 0.4) is 0 Å². The van der Waals surface area contributed by atoms with Crippen molar-refractivity contribution in [1.29, 1.82) is 0 Å². The zero-order valence-corrected chi connectivity index (χ0v) is 11.6. The SMILES string of the molecule is CCNC(C)c1ccc(-c2ccc3nccnc3c2)o1. The molecule has 0 bridgehead atoms. The van der Waals surface area contributed by atoms with Crippen molar-refractivity contribution in [1.82, 2.24) is 15.3 Å². The van der Waals surface area contributed by atoms with Crippen LogP contribution in [0.4, 0.5) is 0 Å². The molecule has 3 rings (SSSR count). The average Bonchev–Trinajstić information content (AvgIpc) is 2.97. The van der Waals surface area contributed by atoms with Crippen molar-refractivity contribution >= 4 is 11.0 Å². The largest absolute Gasteiger partial charge is 0.459 e. The standard InChI is InChI=1S/C16H17N3O/c1-3-17-11(2)15-6-7-16(20-15)12-4-5-13-14(10-12)19-9-8-18-13/h4-11,17H,3H2,1-2H3. The first-order valence-corrected chi connectivity index (χ1v) is 6.82. The van der Waals surface area contributed by atoms with Crippen molar-refractivity contribution in [3.8, 4) is 11.3 Å². The van der Waals surface area contributed by atoms with E-state index in [4.69, 9.17) is 4.42 Å². The van der Waals surface area contributed by atoms with Crippen LogP contribution in [0.5, 0.6) is 0 Å². The third-order valence-corrected chi connectivity index (χ3v) is 3.32. The maximum absolute atomic E-state index is 5.92. The Morgan fingerprint density at radius 2 is 1.90 bits per heavy atom. The quantitative estimate of drug-likeness (QED) is 0.785. The number of furan rings is 1. The van der Waals surface area contributed by atoms with Crippen LogP contribution >= 0.6 is 0 Å². The lowest BCUT2D eigenvalue weighted by molar-refractivity contribution is 0.445. The Kier molecular flexibility index (Phi) is 3.48. The summed E-state index contributed by atoms with van der Waals surface area (Å²) in [5.41, 5.74) is 2.79. The van der Waals surface area contributed by atoms with Crippen LogP contribution in [0.25, 0.3) is 22.4 Å². The molecule has 0 amide bonds. The summed E-state index contributed by atoms with van der Waals surface area (Å²) in [4.78, 5) is 8.59. The normalized spacial score (nSPS) is 12.7. The smallest absolute Gasteiger partial charge is 0.134 e. The summed E-state index contributed by atoms with van der Waals surface area (Å²) in [6.45, 7) is 5.10. The molecule has 0 aliphatic heterocycles. The molecule has 0 fully saturated rings. The number of nitrogens with zero attached hydrogens (tertiary/aromatic N) is 2. The Labute approximate surface area is 117 Å². The molecule has 0 saturated heterocycles. The number of nitrogens with one attached hydrogen (secondary N) is 1. The Morgan fingerprint density at radius 1 is 1.10 bits per heavy atom. The molecule has 0 aliphatic carbocycles. The second kappa shape index (κ2) is 5.43. The highest BCUT2D eigenvalue weighted by Gasteiger charge is 2.11. The number of hydrogen-bond donors (Lipinski definition) is 1. The highest BCUT2D eigenvalue weighted by atomic mass is 16.3. The summed E-state index contributed by atoms with van der Waals surface area (Å²) >= 11 is 0. The topological polar surface area (TPSA) is 51.0 Å². The Hall–Kier alpha value is -2.20. The van der Waals surface area contributed by atoms with Gasteiger partial charge in [0.1, 0.15) is 11.5 Å². The lowest BCUT2D eigenvalue weighted by Crippen LogP contribution is -2.16. The maximum Gasteiger partial charge on any atom is 0.134 e. The van der Waals surface area contributed by atoms with Gasteiger partial charge in [-0.2, -0.15) is 0 Å². The molecule has 2 heterocycles. The summed E-state index contributed by atoms with van der Waals surface area (Å²) < 4.78 is 5.92. The van der Waals surface area contributed by atoms with Gasteiger partial charge in [-0.15, -0.1) is 0 Å². The molecule has 3 aromatic rings. The van der Waals surface area contributed by atoms with E-state index in [-0.39, 0.29) is 6.04 Å². The van der Waals surface area contributed by atoms with Gasteiger partial charge in [0.2, 0.25) is 0 Å². The fourth-order valence-corrected chi connectivity index (χ4v) is 2.26. The van der Waals surface area contributed by atoms with Crippen molar-refractivity contribution in [2.24, 2.45) is 0 Å². The van der Waals surface area contributed by atoms with Crippen LogP contribution in [0.15, 0.2) is 47.1 Å². The molecule has 2 aromatic heterocycles. The summed E-state index contributed by atoms with van der Waals surface area (Å²) in [6.07, 6.45) is 3.40. The minimum absolute atomic E-state index is 0.217. The van der Waals surface area contributed by atoms with Gasteiger partial charge in [-0.3, -0.25) is 9.97 Å². The zero-order chi connectivity index (χ0) is 13.9. The van der Waals surface area contributed by atoms with E-state index in [1.54, 1.807) is 12.4 Å². The van der Waals surface area contributed by atoms with Crippen molar-refractivity contribution in [3.63, 3.8) is 0 Å². The van der Waals surface area contributed by atoms with Crippen LogP contribution in [-0.2, 0) is 0 Å². The van der Waals surface area contributed by atoms with Crippen LogP contribution in [0.2, 0.25) is 0 Å². The predicted octanol–water partition coefficient (Wildman–Crippen LogP) is 3.56. The van der Waals surface area contributed by atoms with E-state index in [0.717, 1.165) is 34.7 Å². The molecular formula is C16H17N3O. The van der Waals surface area contributed by atoms with Crippen molar-refractivity contribution in [3.05, 3.63) is 48.5 Å². The Morgan fingerprint density at radius 3 is 2.70 bits per heavy atom. The third kappa shape index (κ3) is 2.42. The van der Waals surface area contributed by atoms with E-state index in [1.165, 1.54) is 0 Å². The van der Waals surface area contributed by atoms with Crippen LogP contribution in [0.1, 0.15) is 25.6 Å². The minimum atomic E-state index is 0.217. The van der Waals surface area contributed by atoms with E-state index in [9.17, 15) is 0 Å². The third-order valence-electron chi connectivity index (χ3n) is 3.32. The molecule has 0 radical (unpaired) electrons. The summed E-state index contributed by atoms with van der Waals surface area (Å²) in [5, 5.41) is 3.34. The molecule has 1 unspecified atom stereocenters. The number of benzene rings is 1. The second-order valence-corrected chi connectivity index (χ2v) is 4.74. The molecule has 4 heteroatoms. The lowest BCUT2D eigenvalue weighted by Gasteiger charge is -2.08. The second-order valence-electron chi connectivity index (χ2n) is 4.74. The number of hydrogen-bond acceptors (Lipinski definition) is 4. The lowest BCUT2D eigenvalue weighted by atomic mass is 10.1. The van der Waals surface area contributed by atoms with Gasteiger partial charge in [-0.05, 0) is 43.8 Å². The van der Waals surface area contributed by atoms with E-state index in [0.29, 0.717) is 0 Å². The van der Waals surface area contributed by atoms with Gasteiger partial charge in [0.25, 0.3) is 0 Å². The van der Waals surface area contributed by atoms with Gasteiger partial charge < -0.3 is 9.73 Å². The van der Waals surface area contributed by atoms with Gasteiger partial charge in [0.15, 0.2) is 0 Å². The molecule has 1 N–H and O–H groups in total. The summed E-state index contributed by atoms with van der Waals surface area (Å²) in [6, 6.07) is 10.2. The number of aromatic nitrogens is 2. The molecular weight excluding hydrogens is 250 g/mol. The van der Waals surface area contributed by atoms with E-state index in [1.807, 2.05) is 30.3 Å². The summed E-state index contributed by atoms with van der Waals surface area (Å²) in [7, 11) is 0. The highest BCUT2D eigenvalue weighted by molar-refractivity contribution is 5.79. The van der Waals surface area contributed by atoms with Crippen LogP contribution in [0, 0.1) is 0 Å². The van der Waals surface area contributed by atoms with Crippen molar-refractivity contribution in [2.75, 3.05) is 6.54 Å². The Bertz CT molecular complexity index is 720. The van der Waals surface area contributed by atoms with Crippen LogP contribution in [-0.4, -0.2) is 16.5 Å². The van der Waals surface area contributed by atoms with Gasteiger partial charge in [0.05, 0.1) is 17.1 Å². The van der Waals surface area contributed by atoms with Gasteiger partial charge >= 0.3 is 0 Å². The fourth-order valence-electron chi connectivity index (χ4n) is 2.26. The highest BCUT2D eigenvalue weighted by Crippen LogP contribution is 2.27. The Balaban J connectivity index is 1.94. The molecule has 0 saturated carbocycles. The predicted molar refractivity (Wildman–Crippen MR) is 79.3 cm³/mol. The number of fused-ring (bicyclic) bond motifs is 1. The first-order valence-electron chi connectivity index (χ1n) is 6.82. The molecule has 0 aliphatic rings. The van der Waals surface area contributed by atoms with Crippen LogP contribution < -0.4 is 5.32 Å². The first-order chi connectivity index (χ1) is 9.78. The zero-order valence-electron chi connectivity index (χ0n) is 11.6. The van der Waals surface area contributed by atoms with Crippen molar-refractivity contribution < 1.29 is 4.42 Å². The van der Waals surface area contributed by atoms with Gasteiger partial charge in [0, 0.05) is 18.0 Å². The molecule has 20 heavy (non-hydrogen) atoms. The van der Waals surface area contributed by atoms with E-state index < -0.39 is 0 Å². The first kappa shape index (κ1) is 12.8. The van der Waals surface area contributed by atoms with E-state index in [2.05, 4.69) is 29.1 Å². The molecule has 4 nitrogen and oxygen atoms in total. The molecule has 1 aromatic carbocycles. The average molecular weight is 267 g/mol. The summed E-state index contributed by atoms with van der Waals surface area (Å²) in [5.74, 6) is 1.80. The number of rotatable bonds is 4. The molecule has 0 spiro atoms. The fraction of sp³-hybridized carbons (Fsp3) is 0.250. The maximum atomic E-state index is 5.92. The molecule has 102 valence electrons. The monoisotopic (exact) mass is 267 g/mol. The van der Waals surface area contributed by atoms with Gasteiger partial charge in [-0.1, -0.05) is 6.92 Å². The van der Waals surface area contributed by atoms with E-state index >= 15 is 0 Å². The minimum Gasteiger partial charge on any atom is -0.459 e.